The van der Waals surface area contributed by atoms with Gasteiger partial charge in [0, 0.05) is 25.6 Å². The normalized spacial score (nSPS) is 31.9. The van der Waals surface area contributed by atoms with E-state index in [1.165, 1.54) is 12.2 Å². The van der Waals surface area contributed by atoms with E-state index < -0.39 is 0 Å². The Morgan fingerprint density at radius 2 is 2.18 bits per heavy atom. The predicted molar refractivity (Wildman–Crippen MR) is 73.0 cm³/mol. The number of rotatable bonds is 5. The molecule has 4 heteroatoms. The van der Waals surface area contributed by atoms with Gasteiger partial charge < -0.3 is 10.6 Å². The highest BCUT2D eigenvalue weighted by Crippen LogP contribution is 2.37. The van der Waals surface area contributed by atoms with Crippen LogP contribution in [-0.2, 0) is 4.79 Å². The lowest BCUT2D eigenvalue weighted by molar-refractivity contribution is -0.130. The zero-order chi connectivity index (χ0) is 12.3. The summed E-state index contributed by atoms with van der Waals surface area (Å²) in [7, 11) is 0. The third-order valence-electron chi connectivity index (χ3n) is 4.25. The Labute approximate surface area is 108 Å². The summed E-state index contributed by atoms with van der Waals surface area (Å²) < 4.78 is 0. The highest BCUT2D eigenvalue weighted by atomic mass is 32.2. The summed E-state index contributed by atoms with van der Waals surface area (Å²) in [4.78, 5) is 14.1. The van der Waals surface area contributed by atoms with Gasteiger partial charge in [-0.1, -0.05) is 0 Å². The summed E-state index contributed by atoms with van der Waals surface area (Å²) in [6, 6.07) is 0.342. The zero-order valence-corrected chi connectivity index (χ0v) is 11.5. The van der Waals surface area contributed by atoms with Crippen molar-refractivity contribution in [3.63, 3.8) is 0 Å². The van der Waals surface area contributed by atoms with Crippen molar-refractivity contribution in [3.8, 4) is 0 Å². The van der Waals surface area contributed by atoms with Gasteiger partial charge >= 0.3 is 0 Å². The number of likely N-dealkylation sites (tertiary alicyclic amines) is 1. The van der Waals surface area contributed by atoms with Crippen molar-refractivity contribution in [2.24, 2.45) is 17.6 Å². The van der Waals surface area contributed by atoms with Crippen molar-refractivity contribution in [1.82, 2.24) is 4.90 Å². The molecule has 1 aliphatic carbocycles. The molecule has 0 aromatic heterocycles. The van der Waals surface area contributed by atoms with Crippen LogP contribution in [0.1, 0.15) is 32.1 Å². The third-order valence-corrected chi connectivity index (χ3v) is 4.95. The van der Waals surface area contributed by atoms with E-state index in [4.69, 9.17) is 5.73 Å². The quantitative estimate of drug-likeness (QED) is 0.762. The van der Waals surface area contributed by atoms with E-state index in [-0.39, 0.29) is 0 Å². The average molecular weight is 256 g/mol. The van der Waals surface area contributed by atoms with Gasteiger partial charge in [-0.25, -0.2) is 0 Å². The van der Waals surface area contributed by atoms with Crippen LogP contribution >= 0.6 is 11.8 Å². The second kappa shape index (κ2) is 6.10. The number of hydrogen-bond donors (Lipinski definition) is 1. The Bertz CT molecular complexity index is 272. The van der Waals surface area contributed by atoms with Gasteiger partial charge in [0.1, 0.15) is 0 Å². The van der Waals surface area contributed by atoms with E-state index in [0.717, 1.165) is 38.8 Å². The van der Waals surface area contributed by atoms with Crippen LogP contribution in [0.3, 0.4) is 0 Å². The molecule has 3 unspecified atom stereocenters. The molecule has 0 aromatic carbocycles. The SMILES string of the molecule is CSCCCCC(=O)N1CC2CCC(N)C2C1. The number of carbonyl (C=O) groups excluding carboxylic acids is 1. The smallest absolute Gasteiger partial charge is 0.222 e. The van der Waals surface area contributed by atoms with Crippen molar-refractivity contribution in [2.75, 3.05) is 25.1 Å². The molecule has 2 N–H and O–H groups in total. The van der Waals surface area contributed by atoms with Crippen molar-refractivity contribution >= 4 is 17.7 Å². The molecule has 0 radical (unpaired) electrons. The monoisotopic (exact) mass is 256 g/mol. The first kappa shape index (κ1) is 13.2. The molecule has 2 aliphatic rings. The fourth-order valence-corrected chi connectivity index (χ4v) is 3.68. The molecule has 0 aromatic rings. The Hall–Kier alpha value is -0.220. The van der Waals surface area contributed by atoms with Gasteiger partial charge in [-0.2, -0.15) is 11.8 Å². The number of thioether (sulfide) groups is 1. The third kappa shape index (κ3) is 3.16. The molecular weight excluding hydrogens is 232 g/mol. The molecule has 1 saturated heterocycles. The summed E-state index contributed by atoms with van der Waals surface area (Å²) in [5, 5.41) is 0. The summed E-state index contributed by atoms with van der Waals surface area (Å²) in [6.07, 6.45) is 7.43. The summed E-state index contributed by atoms with van der Waals surface area (Å²) in [5.41, 5.74) is 6.08. The van der Waals surface area contributed by atoms with Crippen LogP contribution in [0.5, 0.6) is 0 Å². The molecule has 2 fully saturated rings. The summed E-state index contributed by atoms with van der Waals surface area (Å²) in [6.45, 7) is 1.90. The number of fused-ring (bicyclic) bond motifs is 1. The molecular formula is C13H24N2OS. The van der Waals surface area contributed by atoms with Crippen LogP contribution in [0, 0.1) is 11.8 Å². The van der Waals surface area contributed by atoms with Crippen LogP contribution < -0.4 is 5.73 Å². The summed E-state index contributed by atoms with van der Waals surface area (Å²) in [5.74, 6) is 2.81. The van der Waals surface area contributed by atoms with Gasteiger partial charge in [-0.15, -0.1) is 0 Å². The van der Waals surface area contributed by atoms with Crippen LogP contribution in [-0.4, -0.2) is 41.9 Å². The minimum atomic E-state index is 0.342. The predicted octanol–water partition coefficient (Wildman–Crippen LogP) is 1.72. The number of carbonyl (C=O) groups is 1. The molecule has 1 amide bonds. The van der Waals surface area contributed by atoms with Gasteiger partial charge in [-0.3, -0.25) is 4.79 Å². The number of nitrogens with two attached hydrogens (primary N) is 1. The van der Waals surface area contributed by atoms with Crippen molar-refractivity contribution < 1.29 is 4.79 Å². The van der Waals surface area contributed by atoms with Crippen LogP contribution in [0.2, 0.25) is 0 Å². The van der Waals surface area contributed by atoms with Gasteiger partial charge in [-0.05, 0) is 49.5 Å². The Morgan fingerprint density at radius 3 is 2.88 bits per heavy atom. The van der Waals surface area contributed by atoms with Gasteiger partial charge in [0.25, 0.3) is 0 Å². The highest BCUT2D eigenvalue weighted by Gasteiger charge is 2.42. The topological polar surface area (TPSA) is 46.3 Å². The fraction of sp³-hybridized carbons (Fsp3) is 0.923. The lowest BCUT2D eigenvalue weighted by Gasteiger charge is -2.18. The minimum Gasteiger partial charge on any atom is -0.342 e. The molecule has 1 saturated carbocycles. The number of unbranched alkanes of at least 4 members (excludes halogenated alkanes) is 1. The fourth-order valence-electron chi connectivity index (χ4n) is 3.19. The molecule has 0 bridgehead atoms. The first-order valence-corrected chi connectivity index (χ1v) is 8.14. The van der Waals surface area contributed by atoms with Crippen LogP contribution in [0.15, 0.2) is 0 Å². The number of amides is 1. The largest absolute Gasteiger partial charge is 0.342 e. The molecule has 0 spiro atoms. The van der Waals surface area contributed by atoms with Gasteiger partial charge in [0.05, 0.1) is 0 Å². The first-order valence-electron chi connectivity index (χ1n) is 6.74. The Balaban J connectivity index is 1.71. The van der Waals surface area contributed by atoms with E-state index >= 15 is 0 Å². The number of nitrogens with zero attached hydrogens (tertiary/aromatic N) is 1. The molecule has 17 heavy (non-hydrogen) atoms. The first-order chi connectivity index (χ1) is 8.22. The van der Waals surface area contributed by atoms with E-state index in [1.807, 2.05) is 11.8 Å². The number of hydrogen-bond acceptors (Lipinski definition) is 3. The molecule has 1 heterocycles. The lowest BCUT2D eigenvalue weighted by atomic mass is 9.98. The van der Waals surface area contributed by atoms with E-state index in [9.17, 15) is 4.79 Å². The molecule has 3 nitrogen and oxygen atoms in total. The lowest BCUT2D eigenvalue weighted by Crippen LogP contribution is -2.33. The van der Waals surface area contributed by atoms with E-state index in [2.05, 4.69) is 11.2 Å². The van der Waals surface area contributed by atoms with E-state index in [1.54, 1.807) is 0 Å². The molecule has 2 rings (SSSR count). The molecule has 98 valence electrons. The Morgan fingerprint density at radius 1 is 1.35 bits per heavy atom. The van der Waals surface area contributed by atoms with Crippen LogP contribution in [0.4, 0.5) is 0 Å². The second-order valence-electron chi connectivity index (χ2n) is 5.41. The van der Waals surface area contributed by atoms with Gasteiger partial charge in [0.15, 0.2) is 0 Å². The van der Waals surface area contributed by atoms with Crippen molar-refractivity contribution in [3.05, 3.63) is 0 Å². The van der Waals surface area contributed by atoms with Crippen molar-refractivity contribution in [1.29, 1.82) is 0 Å². The minimum absolute atomic E-state index is 0.342. The summed E-state index contributed by atoms with van der Waals surface area (Å²) >= 11 is 1.86. The van der Waals surface area contributed by atoms with Crippen molar-refractivity contribution in [2.45, 2.75) is 38.1 Å². The van der Waals surface area contributed by atoms with Crippen LogP contribution in [0.25, 0.3) is 0 Å². The standard InChI is InChI=1S/C13H24N2OS/c1-17-7-3-2-4-13(16)15-8-10-5-6-12(14)11(10)9-15/h10-12H,2-9,14H2,1H3. The Kier molecular flexibility index (Phi) is 4.74. The average Bonchev–Trinajstić information content (AvgIpc) is 2.87. The van der Waals surface area contributed by atoms with Gasteiger partial charge in [0.2, 0.25) is 5.91 Å². The maximum atomic E-state index is 12.0. The maximum Gasteiger partial charge on any atom is 0.222 e. The molecule has 3 atom stereocenters. The zero-order valence-electron chi connectivity index (χ0n) is 10.7. The second-order valence-corrected chi connectivity index (χ2v) is 6.40. The maximum absolute atomic E-state index is 12.0. The van der Waals surface area contributed by atoms with E-state index in [0.29, 0.717) is 23.8 Å². The molecule has 1 aliphatic heterocycles. The highest BCUT2D eigenvalue weighted by molar-refractivity contribution is 7.98.